The first-order valence-electron chi connectivity index (χ1n) is 7.18. The molecule has 3 N–H and O–H groups in total. The summed E-state index contributed by atoms with van der Waals surface area (Å²) in [5.74, 6) is 0.696. The maximum absolute atomic E-state index is 11.9. The van der Waals surface area contributed by atoms with Crippen LogP contribution in [0.1, 0.15) is 12.0 Å². The van der Waals surface area contributed by atoms with Crippen LogP contribution in [-0.4, -0.2) is 54.0 Å². The van der Waals surface area contributed by atoms with Crippen LogP contribution < -0.4 is 16.0 Å². The third kappa shape index (κ3) is 2.69. The number of primary amides is 1. The number of aryl methyl sites for hydroxylation is 1. The number of aromatic nitrogens is 1. The van der Waals surface area contributed by atoms with E-state index >= 15 is 0 Å². The number of nitrogens with two attached hydrogens (primary N) is 1. The number of hydrogen-bond donors (Lipinski definition) is 2. The van der Waals surface area contributed by atoms with Gasteiger partial charge in [-0.05, 0) is 24.5 Å². The number of urea groups is 1. The van der Waals surface area contributed by atoms with Crippen molar-refractivity contribution in [3.8, 4) is 0 Å². The largest absolute Gasteiger partial charge is 0.351 e. The Hall–Kier alpha value is -2.15. The van der Waals surface area contributed by atoms with Crippen LogP contribution >= 0.6 is 0 Å². The molecule has 3 rings (SSSR count). The normalized spacial score (nSPS) is 22.1. The lowest BCUT2D eigenvalue weighted by molar-refractivity contribution is -0.132. The molecule has 0 saturated carbocycles. The summed E-state index contributed by atoms with van der Waals surface area (Å²) in [5, 5.41) is 3.04. The molecular formula is C14H19N5O2. The number of fused-ring (bicyclic) bond motifs is 1. The zero-order chi connectivity index (χ0) is 14.8. The molecule has 3 amide bonds. The number of pyridine rings is 1. The highest BCUT2D eigenvalue weighted by molar-refractivity contribution is 5.91. The number of amides is 3. The predicted octanol–water partition coefficient (Wildman–Crippen LogP) is -0.287. The van der Waals surface area contributed by atoms with Crippen LogP contribution in [0.25, 0.3) is 0 Å². The summed E-state index contributed by atoms with van der Waals surface area (Å²) in [4.78, 5) is 31.4. The fraction of sp³-hybridized carbons (Fsp3) is 0.500. The summed E-state index contributed by atoms with van der Waals surface area (Å²) in [6.45, 7) is 2.32. The standard InChI is InChI=1S/C14H19N5O2/c15-14(21)19-11(9-18-7-6-16-8-12(18)20)4-3-10-2-1-5-17-13(10)19/h1-2,5,11,16H,3-4,6-9H2,(H2,15,21). The van der Waals surface area contributed by atoms with E-state index in [9.17, 15) is 9.59 Å². The Kier molecular flexibility index (Phi) is 3.74. The number of nitrogens with zero attached hydrogens (tertiary/aromatic N) is 3. The van der Waals surface area contributed by atoms with E-state index < -0.39 is 6.03 Å². The first-order valence-corrected chi connectivity index (χ1v) is 7.18. The average molecular weight is 289 g/mol. The molecule has 3 heterocycles. The molecule has 1 unspecified atom stereocenters. The summed E-state index contributed by atoms with van der Waals surface area (Å²) in [6.07, 6.45) is 3.30. The van der Waals surface area contributed by atoms with Crippen molar-refractivity contribution in [2.24, 2.45) is 5.73 Å². The molecule has 0 radical (unpaired) electrons. The van der Waals surface area contributed by atoms with Gasteiger partial charge in [0.15, 0.2) is 0 Å². The van der Waals surface area contributed by atoms with Crippen LogP contribution in [0.3, 0.4) is 0 Å². The lowest BCUT2D eigenvalue weighted by atomic mass is 9.98. The predicted molar refractivity (Wildman–Crippen MR) is 77.9 cm³/mol. The van der Waals surface area contributed by atoms with Crippen LogP contribution in [0.2, 0.25) is 0 Å². The first kappa shape index (κ1) is 13.8. The zero-order valence-corrected chi connectivity index (χ0v) is 11.8. The Morgan fingerprint density at radius 1 is 1.52 bits per heavy atom. The monoisotopic (exact) mass is 289 g/mol. The van der Waals surface area contributed by atoms with Crippen molar-refractivity contribution in [2.75, 3.05) is 31.1 Å². The third-order valence-corrected chi connectivity index (χ3v) is 4.06. The SMILES string of the molecule is NC(=O)N1c2ncccc2CCC1CN1CCNCC1=O. The van der Waals surface area contributed by atoms with E-state index in [1.807, 2.05) is 12.1 Å². The Balaban J connectivity index is 1.82. The Morgan fingerprint density at radius 2 is 2.38 bits per heavy atom. The summed E-state index contributed by atoms with van der Waals surface area (Å²) in [7, 11) is 0. The molecule has 0 aliphatic carbocycles. The highest BCUT2D eigenvalue weighted by Crippen LogP contribution is 2.28. The molecule has 1 aromatic heterocycles. The molecule has 7 heteroatoms. The Labute approximate surface area is 123 Å². The molecular weight excluding hydrogens is 270 g/mol. The van der Waals surface area contributed by atoms with E-state index in [-0.39, 0.29) is 11.9 Å². The van der Waals surface area contributed by atoms with Gasteiger partial charge < -0.3 is 16.0 Å². The van der Waals surface area contributed by atoms with Crippen molar-refractivity contribution >= 4 is 17.8 Å². The lowest BCUT2D eigenvalue weighted by Crippen LogP contribution is -2.56. The molecule has 112 valence electrons. The molecule has 1 fully saturated rings. The summed E-state index contributed by atoms with van der Waals surface area (Å²) >= 11 is 0. The number of nitrogens with one attached hydrogen (secondary N) is 1. The molecule has 0 spiro atoms. The van der Waals surface area contributed by atoms with Gasteiger partial charge in [0.25, 0.3) is 0 Å². The average Bonchev–Trinajstić information content (AvgIpc) is 2.49. The molecule has 1 atom stereocenters. The van der Waals surface area contributed by atoms with E-state index in [4.69, 9.17) is 5.73 Å². The van der Waals surface area contributed by atoms with Crippen molar-refractivity contribution in [3.05, 3.63) is 23.9 Å². The quantitative estimate of drug-likeness (QED) is 0.783. The maximum atomic E-state index is 11.9. The second-order valence-electron chi connectivity index (χ2n) is 5.40. The Bertz CT molecular complexity index is 562. The minimum atomic E-state index is -0.512. The number of rotatable bonds is 2. The minimum absolute atomic E-state index is 0.0671. The third-order valence-electron chi connectivity index (χ3n) is 4.06. The van der Waals surface area contributed by atoms with Gasteiger partial charge in [-0.2, -0.15) is 0 Å². The van der Waals surface area contributed by atoms with E-state index in [1.165, 1.54) is 4.90 Å². The Morgan fingerprint density at radius 3 is 3.14 bits per heavy atom. The maximum Gasteiger partial charge on any atom is 0.320 e. The van der Waals surface area contributed by atoms with Crippen LogP contribution in [0, 0.1) is 0 Å². The zero-order valence-electron chi connectivity index (χ0n) is 11.8. The summed E-state index contributed by atoms with van der Waals surface area (Å²) in [5.41, 5.74) is 6.57. The van der Waals surface area contributed by atoms with Crippen LogP contribution in [0.15, 0.2) is 18.3 Å². The van der Waals surface area contributed by atoms with Crippen LogP contribution in [-0.2, 0) is 11.2 Å². The van der Waals surface area contributed by atoms with Gasteiger partial charge >= 0.3 is 6.03 Å². The van der Waals surface area contributed by atoms with Gasteiger partial charge in [0.05, 0.1) is 12.6 Å². The molecule has 2 aliphatic rings. The van der Waals surface area contributed by atoms with Gasteiger partial charge in [-0.1, -0.05) is 6.07 Å². The smallest absolute Gasteiger partial charge is 0.320 e. The van der Waals surface area contributed by atoms with Crippen molar-refractivity contribution in [2.45, 2.75) is 18.9 Å². The van der Waals surface area contributed by atoms with Gasteiger partial charge in [0.1, 0.15) is 5.82 Å². The number of carbonyl (C=O) groups is 2. The molecule has 0 bridgehead atoms. The van der Waals surface area contributed by atoms with Gasteiger partial charge in [-0.15, -0.1) is 0 Å². The molecule has 21 heavy (non-hydrogen) atoms. The van der Waals surface area contributed by atoms with Crippen molar-refractivity contribution in [1.82, 2.24) is 15.2 Å². The highest BCUT2D eigenvalue weighted by Gasteiger charge is 2.33. The summed E-state index contributed by atoms with van der Waals surface area (Å²) < 4.78 is 0. The molecule has 2 aliphatic heterocycles. The molecule has 7 nitrogen and oxygen atoms in total. The fourth-order valence-electron chi connectivity index (χ4n) is 3.02. The van der Waals surface area contributed by atoms with E-state index in [0.717, 1.165) is 24.9 Å². The number of carbonyl (C=O) groups excluding carboxylic acids is 2. The second kappa shape index (κ2) is 5.69. The van der Waals surface area contributed by atoms with E-state index in [2.05, 4.69) is 10.3 Å². The van der Waals surface area contributed by atoms with Crippen molar-refractivity contribution < 1.29 is 9.59 Å². The van der Waals surface area contributed by atoms with Crippen molar-refractivity contribution in [1.29, 1.82) is 0 Å². The second-order valence-corrected chi connectivity index (χ2v) is 5.40. The van der Waals surface area contributed by atoms with Gasteiger partial charge in [0, 0.05) is 25.8 Å². The van der Waals surface area contributed by atoms with Crippen LogP contribution in [0.4, 0.5) is 10.6 Å². The van der Waals surface area contributed by atoms with Gasteiger partial charge in [-0.25, -0.2) is 9.78 Å². The lowest BCUT2D eigenvalue weighted by Gasteiger charge is -2.39. The minimum Gasteiger partial charge on any atom is -0.351 e. The highest BCUT2D eigenvalue weighted by atomic mass is 16.2. The van der Waals surface area contributed by atoms with Crippen LogP contribution in [0.5, 0.6) is 0 Å². The summed E-state index contributed by atoms with van der Waals surface area (Å²) in [6, 6.07) is 3.21. The first-order chi connectivity index (χ1) is 10.2. The fourth-order valence-corrected chi connectivity index (χ4v) is 3.02. The van der Waals surface area contributed by atoms with Gasteiger partial charge in [-0.3, -0.25) is 9.69 Å². The number of hydrogen-bond acceptors (Lipinski definition) is 4. The number of piperazine rings is 1. The molecule has 1 saturated heterocycles. The van der Waals surface area contributed by atoms with E-state index in [1.54, 1.807) is 11.1 Å². The molecule has 1 aromatic rings. The molecule has 0 aromatic carbocycles. The van der Waals surface area contributed by atoms with Gasteiger partial charge in [0.2, 0.25) is 5.91 Å². The van der Waals surface area contributed by atoms with E-state index in [0.29, 0.717) is 25.5 Å². The topological polar surface area (TPSA) is 91.6 Å². The number of anilines is 1. The van der Waals surface area contributed by atoms with Crippen molar-refractivity contribution in [3.63, 3.8) is 0 Å².